The van der Waals surface area contributed by atoms with E-state index in [0.717, 1.165) is 22.4 Å². The number of hydrogen-bond donors (Lipinski definition) is 0. The summed E-state index contributed by atoms with van der Waals surface area (Å²) in [6.45, 7) is 5.59. The first kappa shape index (κ1) is 15.1. The Morgan fingerprint density at radius 1 is 1.42 bits per heavy atom. The largest absolute Gasteiger partial charge is 0.353 e. The van der Waals surface area contributed by atoms with Gasteiger partial charge in [0.15, 0.2) is 0 Å². The van der Waals surface area contributed by atoms with E-state index in [2.05, 4.69) is 45.7 Å². The van der Waals surface area contributed by atoms with Crippen LogP contribution in [0.5, 0.6) is 0 Å². The smallest absolute Gasteiger partial charge is 0.133 e. The van der Waals surface area contributed by atoms with E-state index in [-0.39, 0.29) is 0 Å². The van der Waals surface area contributed by atoms with Gasteiger partial charge in [0.25, 0.3) is 0 Å². The van der Waals surface area contributed by atoms with E-state index < -0.39 is 0 Å². The highest BCUT2D eigenvalue weighted by molar-refractivity contribution is 9.10. The Labute approximate surface area is 129 Å². The van der Waals surface area contributed by atoms with Crippen molar-refractivity contribution in [2.75, 3.05) is 11.4 Å². The van der Waals surface area contributed by atoms with Crippen LogP contribution in [0, 0.1) is 5.92 Å². The molecule has 0 spiro atoms. The van der Waals surface area contributed by atoms with Crippen LogP contribution in [0.4, 0.5) is 5.82 Å². The summed E-state index contributed by atoms with van der Waals surface area (Å²) in [6.07, 6.45) is 7.13. The standard InChI is InChI=1S/C15H22BrClN2/c1-11(2)10-19(14-5-3-4-6-14)15-12(8-17)7-13(16)9-18-15/h7,9,11,14H,3-6,8,10H2,1-2H3. The van der Waals surface area contributed by atoms with Crippen LogP contribution in [0.1, 0.15) is 45.1 Å². The highest BCUT2D eigenvalue weighted by Gasteiger charge is 2.25. The Balaban J connectivity index is 2.30. The lowest BCUT2D eigenvalue weighted by molar-refractivity contribution is 0.530. The summed E-state index contributed by atoms with van der Waals surface area (Å²) in [6, 6.07) is 2.73. The molecular formula is C15H22BrClN2. The first-order valence-corrected chi connectivity index (χ1v) is 8.41. The number of pyridine rings is 1. The molecule has 1 heterocycles. The Morgan fingerprint density at radius 3 is 2.68 bits per heavy atom. The lowest BCUT2D eigenvalue weighted by Crippen LogP contribution is -2.37. The zero-order valence-corrected chi connectivity index (χ0v) is 14.0. The molecule has 1 saturated carbocycles. The molecule has 1 aliphatic carbocycles. The molecule has 0 unspecified atom stereocenters. The Kier molecular flexibility index (Phi) is 5.52. The quantitative estimate of drug-likeness (QED) is 0.699. The molecule has 0 bridgehead atoms. The van der Waals surface area contributed by atoms with Crippen LogP contribution in [0.15, 0.2) is 16.7 Å². The molecule has 1 aliphatic rings. The van der Waals surface area contributed by atoms with Crippen molar-refractivity contribution < 1.29 is 0 Å². The first-order chi connectivity index (χ1) is 9.11. The minimum absolute atomic E-state index is 0.517. The summed E-state index contributed by atoms with van der Waals surface area (Å²) in [7, 11) is 0. The van der Waals surface area contributed by atoms with E-state index in [0.29, 0.717) is 17.8 Å². The summed E-state index contributed by atoms with van der Waals surface area (Å²) in [5.74, 6) is 2.23. The molecule has 0 atom stereocenters. The number of nitrogens with zero attached hydrogens (tertiary/aromatic N) is 2. The van der Waals surface area contributed by atoms with E-state index in [1.165, 1.54) is 25.7 Å². The summed E-state index contributed by atoms with van der Waals surface area (Å²) >= 11 is 9.58. The Hall–Kier alpha value is -0.280. The normalized spacial score (nSPS) is 16.3. The van der Waals surface area contributed by atoms with Crippen LogP contribution in [-0.2, 0) is 5.88 Å². The van der Waals surface area contributed by atoms with Crippen molar-refractivity contribution in [3.63, 3.8) is 0 Å². The molecule has 0 aromatic carbocycles. The maximum absolute atomic E-state index is 6.10. The second-order valence-electron chi connectivity index (χ2n) is 5.75. The number of rotatable bonds is 5. The fourth-order valence-corrected chi connectivity index (χ4v) is 3.42. The zero-order chi connectivity index (χ0) is 13.8. The average Bonchev–Trinajstić information content (AvgIpc) is 2.89. The Bertz CT molecular complexity index is 417. The number of halogens is 2. The van der Waals surface area contributed by atoms with Gasteiger partial charge >= 0.3 is 0 Å². The van der Waals surface area contributed by atoms with Crippen LogP contribution < -0.4 is 4.90 Å². The minimum Gasteiger partial charge on any atom is -0.353 e. The van der Waals surface area contributed by atoms with E-state index in [9.17, 15) is 0 Å². The summed E-state index contributed by atoms with van der Waals surface area (Å²) in [5.41, 5.74) is 1.13. The van der Waals surface area contributed by atoms with Crippen molar-refractivity contribution in [3.05, 3.63) is 22.3 Å². The molecule has 4 heteroatoms. The topological polar surface area (TPSA) is 16.1 Å². The number of anilines is 1. The molecule has 1 aromatic heterocycles. The second kappa shape index (κ2) is 6.94. The maximum Gasteiger partial charge on any atom is 0.133 e. The molecule has 0 N–H and O–H groups in total. The predicted molar refractivity (Wildman–Crippen MR) is 85.9 cm³/mol. The molecule has 0 radical (unpaired) electrons. The van der Waals surface area contributed by atoms with Crippen molar-refractivity contribution in [1.82, 2.24) is 4.98 Å². The van der Waals surface area contributed by atoms with Gasteiger partial charge in [-0.3, -0.25) is 0 Å². The highest BCUT2D eigenvalue weighted by atomic mass is 79.9. The van der Waals surface area contributed by atoms with Crippen LogP contribution in [-0.4, -0.2) is 17.6 Å². The molecule has 0 amide bonds. The van der Waals surface area contributed by atoms with Crippen LogP contribution in [0.2, 0.25) is 0 Å². The number of hydrogen-bond acceptors (Lipinski definition) is 2. The van der Waals surface area contributed by atoms with Crippen molar-refractivity contribution in [1.29, 1.82) is 0 Å². The highest BCUT2D eigenvalue weighted by Crippen LogP contribution is 2.31. The van der Waals surface area contributed by atoms with Gasteiger partial charge in [-0.1, -0.05) is 26.7 Å². The van der Waals surface area contributed by atoms with Crippen LogP contribution >= 0.6 is 27.5 Å². The van der Waals surface area contributed by atoms with Gasteiger partial charge < -0.3 is 4.90 Å². The van der Waals surface area contributed by atoms with Crippen molar-refractivity contribution in [2.45, 2.75) is 51.5 Å². The average molecular weight is 346 g/mol. The zero-order valence-electron chi connectivity index (χ0n) is 11.7. The van der Waals surface area contributed by atoms with Crippen LogP contribution in [0.25, 0.3) is 0 Å². The third-order valence-corrected chi connectivity index (χ3v) is 4.37. The van der Waals surface area contributed by atoms with E-state index in [1.54, 1.807) is 0 Å². The molecule has 19 heavy (non-hydrogen) atoms. The Morgan fingerprint density at radius 2 is 2.11 bits per heavy atom. The van der Waals surface area contributed by atoms with Crippen molar-refractivity contribution in [2.24, 2.45) is 5.92 Å². The molecule has 2 nitrogen and oxygen atoms in total. The van der Waals surface area contributed by atoms with Crippen LogP contribution in [0.3, 0.4) is 0 Å². The predicted octanol–water partition coefficient (Wildman–Crippen LogP) is 4.99. The van der Waals surface area contributed by atoms with Crippen molar-refractivity contribution in [3.8, 4) is 0 Å². The third-order valence-electron chi connectivity index (χ3n) is 3.65. The van der Waals surface area contributed by atoms with Gasteiger partial charge in [0, 0.05) is 28.8 Å². The third kappa shape index (κ3) is 3.85. The lowest BCUT2D eigenvalue weighted by Gasteiger charge is -2.33. The SMILES string of the molecule is CC(C)CN(c1ncc(Br)cc1CCl)C1CCCC1. The molecular weight excluding hydrogens is 324 g/mol. The molecule has 1 fully saturated rings. The fourth-order valence-electron chi connectivity index (χ4n) is 2.85. The number of aromatic nitrogens is 1. The van der Waals surface area contributed by atoms with Gasteiger partial charge in [0.2, 0.25) is 0 Å². The minimum atomic E-state index is 0.517. The van der Waals surface area contributed by atoms with Gasteiger partial charge in [-0.25, -0.2) is 4.98 Å². The number of alkyl halides is 1. The van der Waals surface area contributed by atoms with E-state index in [4.69, 9.17) is 11.6 Å². The molecule has 2 rings (SSSR count). The van der Waals surface area contributed by atoms with Gasteiger partial charge in [-0.15, -0.1) is 11.6 Å². The van der Waals surface area contributed by atoms with Gasteiger partial charge in [0.1, 0.15) is 5.82 Å². The molecule has 0 aliphatic heterocycles. The van der Waals surface area contributed by atoms with E-state index in [1.807, 2.05) is 6.20 Å². The lowest BCUT2D eigenvalue weighted by atomic mass is 10.1. The van der Waals surface area contributed by atoms with E-state index >= 15 is 0 Å². The maximum atomic E-state index is 6.10. The monoisotopic (exact) mass is 344 g/mol. The van der Waals surface area contributed by atoms with Crippen molar-refractivity contribution >= 4 is 33.3 Å². The molecule has 0 saturated heterocycles. The molecule has 1 aromatic rings. The summed E-state index contributed by atoms with van der Waals surface area (Å²) in [5, 5.41) is 0. The van der Waals surface area contributed by atoms with Gasteiger partial charge in [0.05, 0.1) is 5.88 Å². The molecule has 106 valence electrons. The fraction of sp³-hybridized carbons (Fsp3) is 0.667. The summed E-state index contributed by atoms with van der Waals surface area (Å²) in [4.78, 5) is 7.13. The van der Waals surface area contributed by atoms with Gasteiger partial charge in [-0.05, 0) is 40.8 Å². The first-order valence-electron chi connectivity index (χ1n) is 7.09. The summed E-state index contributed by atoms with van der Waals surface area (Å²) < 4.78 is 1.00. The van der Waals surface area contributed by atoms with Gasteiger partial charge in [-0.2, -0.15) is 0 Å². The second-order valence-corrected chi connectivity index (χ2v) is 6.94.